The summed E-state index contributed by atoms with van der Waals surface area (Å²) in [6.07, 6.45) is 2.57. The van der Waals surface area contributed by atoms with Crippen LogP contribution in [0, 0.1) is 18.8 Å². The number of hydrogen-bond donors (Lipinski definition) is 0. The van der Waals surface area contributed by atoms with Crippen LogP contribution in [0.1, 0.15) is 31.4 Å². The molecule has 0 bridgehead atoms. The molecule has 0 amide bonds. The fraction of sp³-hybridized carbons (Fsp3) is 0.625. The van der Waals surface area contributed by atoms with E-state index in [9.17, 15) is 0 Å². The number of piperidine rings is 1. The Morgan fingerprint density at radius 2 is 2.06 bits per heavy atom. The summed E-state index contributed by atoms with van der Waals surface area (Å²) in [5, 5.41) is 0. The molecule has 2 rings (SSSR count). The standard InChI is InChI=1S/C16H25N/c1-13-5-4-6-16(11-13)8-10-17-9-7-14(2)15(3)12-17/h4-6,11,14-15H,7-10,12H2,1-3H3. The number of aryl methyl sites for hydroxylation is 1. The lowest BCUT2D eigenvalue weighted by Gasteiger charge is -2.35. The zero-order valence-electron chi connectivity index (χ0n) is 11.4. The van der Waals surface area contributed by atoms with Crippen molar-refractivity contribution in [3.8, 4) is 0 Å². The van der Waals surface area contributed by atoms with Crippen molar-refractivity contribution >= 4 is 0 Å². The van der Waals surface area contributed by atoms with E-state index in [-0.39, 0.29) is 0 Å². The maximum absolute atomic E-state index is 2.63. The zero-order valence-corrected chi connectivity index (χ0v) is 11.4. The molecule has 0 aliphatic carbocycles. The Morgan fingerprint density at radius 1 is 1.24 bits per heavy atom. The van der Waals surface area contributed by atoms with Crippen LogP contribution in [-0.4, -0.2) is 24.5 Å². The van der Waals surface area contributed by atoms with Crippen LogP contribution in [0.3, 0.4) is 0 Å². The lowest BCUT2D eigenvalue weighted by Crippen LogP contribution is -2.39. The highest BCUT2D eigenvalue weighted by atomic mass is 15.1. The molecule has 1 nitrogen and oxygen atoms in total. The van der Waals surface area contributed by atoms with Crippen molar-refractivity contribution in [2.24, 2.45) is 11.8 Å². The molecular formula is C16H25N. The van der Waals surface area contributed by atoms with Crippen molar-refractivity contribution in [2.75, 3.05) is 19.6 Å². The van der Waals surface area contributed by atoms with Gasteiger partial charge in [0, 0.05) is 13.1 Å². The zero-order chi connectivity index (χ0) is 12.3. The molecule has 94 valence electrons. The van der Waals surface area contributed by atoms with Crippen molar-refractivity contribution < 1.29 is 0 Å². The average molecular weight is 231 g/mol. The van der Waals surface area contributed by atoms with Crippen molar-refractivity contribution in [2.45, 2.75) is 33.6 Å². The Morgan fingerprint density at radius 3 is 2.76 bits per heavy atom. The highest BCUT2D eigenvalue weighted by Gasteiger charge is 2.21. The van der Waals surface area contributed by atoms with E-state index in [1.807, 2.05) is 0 Å². The van der Waals surface area contributed by atoms with Gasteiger partial charge in [0.1, 0.15) is 0 Å². The van der Waals surface area contributed by atoms with Crippen LogP contribution < -0.4 is 0 Å². The van der Waals surface area contributed by atoms with Crippen molar-refractivity contribution in [3.05, 3.63) is 35.4 Å². The van der Waals surface area contributed by atoms with Gasteiger partial charge in [-0.3, -0.25) is 0 Å². The monoisotopic (exact) mass is 231 g/mol. The van der Waals surface area contributed by atoms with Gasteiger partial charge >= 0.3 is 0 Å². The smallest absolute Gasteiger partial charge is 0.00219 e. The molecule has 1 heterocycles. The second-order valence-corrected chi connectivity index (χ2v) is 5.78. The van der Waals surface area contributed by atoms with Crippen molar-refractivity contribution in [3.63, 3.8) is 0 Å². The highest BCUT2D eigenvalue weighted by molar-refractivity contribution is 5.22. The summed E-state index contributed by atoms with van der Waals surface area (Å²) >= 11 is 0. The number of rotatable bonds is 3. The van der Waals surface area contributed by atoms with Crippen LogP contribution in [0.4, 0.5) is 0 Å². The lowest BCUT2D eigenvalue weighted by atomic mass is 9.88. The van der Waals surface area contributed by atoms with Gasteiger partial charge in [0.05, 0.1) is 0 Å². The Labute approximate surface area is 106 Å². The van der Waals surface area contributed by atoms with Gasteiger partial charge in [-0.05, 0) is 43.7 Å². The topological polar surface area (TPSA) is 3.24 Å². The largest absolute Gasteiger partial charge is 0.303 e. The molecule has 0 radical (unpaired) electrons. The van der Waals surface area contributed by atoms with Crippen LogP contribution >= 0.6 is 0 Å². The second kappa shape index (κ2) is 5.68. The Bertz CT molecular complexity index is 358. The first-order chi connectivity index (χ1) is 8.15. The third-order valence-electron chi connectivity index (χ3n) is 4.22. The summed E-state index contributed by atoms with van der Waals surface area (Å²) in [5.41, 5.74) is 2.86. The summed E-state index contributed by atoms with van der Waals surface area (Å²) in [6, 6.07) is 8.92. The summed E-state index contributed by atoms with van der Waals surface area (Å²) < 4.78 is 0. The molecule has 1 fully saturated rings. The maximum atomic E-state index is 2.63. The molecule has 0 aromatic heterocycles. The molecule has 0 N–H and O–H groups in total. The number of likely N-dealkylation sites (tertiary alicyclic amines) is 1. The first kappa shape index (κ1) is 12.6. The minimum atomic E-state index is 0.862. The summed E-state index contributed by atoms with van der Waals surface area (Å²) in [6.45, 7) is 10.8. The Kier molecular flexibility index (Phi) is 4.22. The van der Waals surface area contributed by atoms with E-state index in [4.69, 9.17) is 0 Å². The maximum Gasteiger partial charge on any atom is 0.00219 e. The first-order valence-corrected chi connectivity index (χ1v) is 6.93. The minimum absolute atomic E-state index is 0.862. The van der Waals surface area contributed by atoms with Crippen LogP contribution in [-0.2, 0) is 6.42 Å². The van der Waals surface area contributed by atoms with Gasteiger partial charge in [0.2, 0.25) is 0 Å². The molecule has 1 saturated heterocycles. The molecule has 0 spiro atoms. The molecule has 0 saturated carbocycles. The van der Waals surface area contributed by atoms with E-state index in [1.54, 1.807) is 0 Å². The highest BCUT2D eigenvalue weighted by Crippen LogP contribution is 2.22. The molecule has 1 aromatic carbocycles. The van der Waals surface area contributed by atoms with Gasteiger partial charge in [-0.15, -0.1) is 0 Å². The van der Waals surface area contributed by atoms with E-state index in [1.165, 1.54) is 43.6 Å². The van der Waals surface area contributed by atoms with Gasteiger partial charge in [-0.25, -0.2) is 0 Å². The molecule has 1 heteroatoms. The van der Waals surface area contributed by atoms with Gasteiger partial charge in [-0.1, -0.05) is 43.7 Å². The van der Waals surface area contributed by atoms with Crippen LogP contribution in [0.2, 0.25) is 0 Å². The SMILES string of the molecule is Cc1cccc(CCN2CCC(C)C(C)C2)c1. The third kappa shape index (κ3) is 3.57. The number of benzene rings is 1. The molecular weight excluding hydrogens is 206 g/mol. The van der Waals surface area contributed by atoms with E-state index in [2.05, 4.69) is 49.9 Å². The summed E-state index contributed by atoms with van der Waals surface area (Å²) in [5.74, 6) is 1.77. The number of hydrogen-bond acceptors (Lipinski definition) is 1. The minimum Gasteiger partial charge on any atom is -0.303 e. The van der Waals surface area contributed by atoms with Crippen molar-refractivity contribution in [1.29, 1.82) is 0 Å². The van der Waals surface area contributed by atoms with Crippen LogP contribution in [0.25, 0.3) is 0 Å². The lowest BCUT2D eigenvalue weighted by molar-refractivity contribution is 0.140. The normalized spacial score (nSPS) is 26.1. The Hall–Kier alpha value is -0.820. The third-order valence-corrected chi connectivity index (χ3v) is 4.22. The molecule has 2 unspecified atom stereocenters. The van der Waals surface area contributed by atoms with Crippen LogP contribution in [0.5, 0.6) is 0 Å². The van der Waals surface area contributed by atoms with E-state index < -0.39 is 0 Å². The van der Waals surface area contributed by atoms with E-state index >= 15 is 0 Å². The molecule has 17 heavy (non-hydrogen) atoms. The fourth-order valence-electron chi connectivity index (χ4n) is 2.71. The quantitative estimate of drug-likeness (QED) is 0.769. The van der Waals surface area contributed by atoms with Crippen LogP contribution in [0.15, 0.2) is 24.3 Å². The van der Waals surface area contributed by atoms with E-state index in [0.29, 0.717) is 0 Å². The van der Waals surface area contributed by atoms with Gasteiger partial charge in [0.25, 0.3) is 0 Å². The van der Waals surface area contributed by atoms with Gasteiger partial charge in [0.15, 0.2) is 0 Å². The van der Waals surface area contributed by atoms with E-state index in [0.717, 1.165) is 11.8 Å². The average Bonchev–Trinajstić information content (AvgIpc) is 2.31. The molecule has 2 atom stereocenters. The molecule has 1 aromatic rings. The molecule has 1 aliphatic rings. The summed E-state index contributed by atoms with van der Waals surface area (Å²) in [4.78, 5) is 2.63. The number of nitrogens with zero attached hydrogens (tertiary/aromatic N) is 1. The predicted molar refractivity (Wildman–Crippen MR) is 74.3 cm³/mol. The summed E-state index contributed by atoms with van der Waals surface area (Å²) in [7, 11) is 0. The second-order valence-electron chi connectivity index (χ2n) is 5.78. The first-order valence-electron chi connectivity index (χ1n) is 6.93. The predicted octanol–water partition coefficient (Wildman–Crippen LogP) is 3.52. The van der Waals surface area contributed by atoms with Gasteiger partial charge < -0.3 is 4.90 Å². The Balaban J connectivity index is 1.82. The fourth-order valence-corrected chi connectivity index (χ4v) is 2.71. The van der Waals surface area contributed by atoms with Gasteiger partial charge in [-0.2, -0.15) is 0 Å². The molecule has 1 aliphatic heterocycles. The van der Waals surface area contributed by atoms with Crippen molar-refractivity contribution in [1.82, 2.24) is 4.90 Å².